The molecule has 1 N–H and O–H groups in total. The molecule has 2 atom stereocenters. The number of halogens is 4. The molecule has 0 radical (unpaired) electrons. The van der Waals surface area contributed by atoms with Crippen molar-refractivity contribution >= 4 is 27.3 Å². The molecule has 8 heteroatoms. The summed E-state index contributed by atoms with van der Waals surface area (Å²) >= 11 is 3.21. The first-order chi connectivity index (χ1) is 9.79. The van der Waals surface area contributed by atoms with Gasteiger partial charge in [0.1, 0.15) is 0 Å². The maximum absolute atomic E-state index is 13.0. The molecule has 0 heterocycles. The van der Waals surface area contributed by atoms with Crippen molar-refractivity contribution in [1.29, 1.82) is 0 Å². The Hall–Kier alpha value is -1.31. The molecule has 0 amide bonds. The normalized spacial score (nSPS) is 22.9. The van der Waals surface area contributed by atoms with Crippen LogP contribution >= 0.6 is 15.9 Å². The van der Waals surface area contributed by atoms with Gasteiger partial charge in [-0.25, -0.2) is 0 Å². The first-order valence-electron chi connectivity index (χ1n) is 6.56. The summed E-state index contributed by atoms with van der Waals surface area (Å²) < 4.78 is 39.6. The van der Waals surface area contributed by atoms with Crippen molar-refractivity contribution in [3.05, 3.63) is 32.8 Å². The molecular formula is C13H14BrF3N2O2. The van der Waals surface area contributed by atoms with Crippen molar-refractivity contribution < 1.29 is 18.1 Å². The van der Waals surface area contributed by atoms with Gasteiger partial charge < -0.3 is 5.32 Å². The summed E-state index contributed by atoms with van der Waals surface area (Å²) in [5.74, 6) is -1.42. The Bertz CT molecular complexity index is 537. The highest BCUT2D eigenvalue weighted by Gasteiger charge is 2.45. The number of alkyl halides is 3. The number of hydrogen-bond acceptors (Lipinski definition) is 3. The van der Waals surface area contributed by atoms with Gasteiger partial charge >= 0.3 is 6.18 Å². The van der Waals surface area contributed by atoms with Crippen LogP contribution in [-0.2, 0) is 0 Å². The summed E-state index contributed by atoms with van der Waals surface area (Å²) in [7, 11) is 0. The third-order valence-corrected chi connectivity index (χ3v) is 4.38. The van der Waals surface area contributed by atoms with Crippen molar-refractivity contribution in [3.63, 3.8) is 0 Å². The molecular weight excluding hydrogens is 353 g/mol. The summed E-state index contributed by atoms with van der Waals surface area (Å²) in [5, 5.41) is 13.6. The van der Waals surface area contributed by atoms with Gasteiger partial charge in [-0.1, -0.05) is 12.8 Å². The van der Waals surface area contributed by atoms with Crippen LogP contribution in [0, 0.1) is 16.0 Å². The summed E-state index contributed by atoms with van der Waals surface area (Å²) in [4.78, 5) is 10.2. The molecule has 1 aliphatic carbocycles. The summed E-state index contributed by atoms with van der Waals surface area (Å²) in [6.45, 7) is 0. The highest BCUT2D eigenvalue weighted by molar-refractivity contribution is 9.10. The minimum Gasteiger partial charge on any atom is -0.381 e. The molecule has 1 aromatic carbocycles. The zero-order valence-corrected chi connectivity index (χ0v) is 12.6. The van der Waals surface area contributed by atoms with E-state index in [1.165, 1.54) is 18.2 Å². The van der Waals surface area contributed by atoms with E-state index in [1.807, 2.05) is 0 Å². The zero-order chi connectivity index (χ0) is 15.6. The van der Waals surface area contributed by atoms with E-state index in [0.29, 0.717) is 23.0 Å². The van der Waals surface area contributed by atoms with Gasteiger partial charge in [0.25, 0.3) is 5.69 Å². The van der Waals surface area contributed by atoms with Gasteiger partial charge in [-0.15, -0.1) is 0 Å². The van der Waals surface area contributed by atoms with E-state index in [-0.39, 0.29) is 12.1 Å². The number of nitro groups is 1. The van der Waals surface area contributed by atoms with Crippen LogP contribution in [0.1, 0.15) is 25.7 Å². The van der Waals surface area contributed by atoms with Crippen LogP contribution in [-0.4, -0.2) is 17.1 Å². The molecule has 1 aliphatic rings. The number of anilines is 1. The Morgan fingerprint density at radius 3 is 2.57 bits per heavy atom. The van der Waals surface area contributed by atoms with Gasteiger partial charge in [0.2, 0.25) is 0 Å². The Balaban J connectivity index is 2.23. The Morgan fingerprint density at radius 1 is 1.29 bits per heavy atom. The summed E-state index contributed by atoms with van der Waals surface area (Å²) in [6.07, 6.45) is -2.49. The molecule has 1 saturated carbocycles. The number of benzene rings is 1. The average Bonchev–Trinajstić information content (AvgIpc) is 2.40. The lowest BCUT2D eigenvalue weighted by molar-refractivity contribution is -0.384. The fourth-order valence-corrected chi connectivity index (χ4v) is 2.99. The largest absolute Gasteiger partial charge is 0.393 e. The lowest BCUT2D eigenvalue weighted by Crippen LogP contribution is -2.41. The van der Waals surface area contributed by atoms with Gasteiger partial charge in [0.05, 0.1) is 16.5 Å². The fraction of sp³-hybridized carbons (Fsp3) is 0.538. The van der Waals surface area contributed by atoms with Crippen LogP contribution < -0.4 is 5.32 Å². The van der Waals surface area contributed by atoms with Gasteiger partial charge in [-0.2, -0.15) is 13.2 Å². The molecule has 0 aromatic heterocycles. The van der Waals surface area contributed by atoms with Crippen LogP contribution in [0.2, 0.25) is 0 Å². The van der Waals surface area contributed by atoms with E-state index in [9.17, 15) is 23.3 Å². The molecule has 0 bridgehead atoms. The second kappa shape index (κ2) is 6.21. The van der Waals surface area contributed by atoms with Gasteiger partial charge in [-0.05, 0) is 34.8 Å². The average molecular weight is 367 g/mol. The number of nitrogens with one attached hydrogen (secondary N) is 1. The van der Waals surface area contributed by atoms with E-state index in [2.05, 4.69) is 21.2 Å². The number of rotatable bonds is 3. The third-order valence-electron chi connectivity index (χ3n) is 3.69. The van der Waals surface area contributed by atoms with E-state index in [0.717, 1.165) is 6.42 Å². The van der Waals surface area contributed by atoms with Crippen LogP contribution in [0.3, 0.4) is 0 Å². The molecule has 4 nitrogen and oxygen atoms in total. The smallest absolute Gasteiger partial charge is 0.381 e. The maximum atomic E-state index is 13.0. The quantitative estimate of drug-likeness (QED) is 0.611. The van der Waals surface area contributed by atoms with Gasteiger partial charge in [0, 0.05) is 22.6 Å². The molecule has 116 valence electrons. The number of hydrogen-bond donors (Lipinski definition) is 1. The molecule has 21 heavy (non-hydrogen) atoms. The molecule has 0 saturated heterocycles. The lowest BCUT2D eigenvalue weighted by atomic mass is 9.84. The first kappa shape index (κ1) is 16.1. The highest BCUT2D eigenvalue weighted by atomic mass is 79.9. The van der Waals surface area contributed by atoms with Crippen LogP contribution in [0.5, 0.6) is 0 Å². The highest BCUT2D eigenvalue weighted by Crippen LogP contribution is 2.40. The van der Waals surface area contributed by atoms with Crippen molar-refractivity contribution in [3.8, 4) is 0 Å². The topological polar surface area (TPSA) is 55.2 Å². The molecule has 1 fully saturated rings. The maximum Gasteiger partial charge on any atom is 0.393 e. The predicted molar refractivity (Wildman–Crippen MR) is 76.2 cm³/mol. The van der Waals surface area contributed by atoms with Gasteiger partial charge in [0.15, 0.2) is 0 Å². The Labute approximate surface area is 128 Å². The minimum absolute atomic E-state index is 0.0910. The van der Waals surface area contributed by atoms with Crippen LogP contribution in [0.4, 0.5) is 24.5 Å². The van der Waals surface area contributed by atoms with E-state index in [1.54, 1.807) is 0 Å². The standard InChI is InChI=1S/C13H14BrF3N2O2/c14-10-6-5-8(19(20)21)7-12(10)18-11-4-2-1-3-9(11)13(15,16)17/h5-7,9,11,18H,1-4H2. The fourth-order valence-electron chi connectivity index (χ4n) is 2.63. The van der Waals surface area contributed by atoms with E-state index in [4.69, 9.17) is 0 Å². The van der Waals surface area contributed by atoms with Crippen molar-refractivity contribution in [2.24, 2.45) is 5.92 Å². The van der Waals surface area contributed by atoms with E-state index >= 15 is 0 Å². The molecule has 2 rings (SSSR count). The molecule has 1 aromatic rings. The zero-order valence-electron chi connectivity index (χ0n) is 11.0. The number of nitro benzene ring substituents is 1. The van der Waals surface area contributed by atoms with E-state index < -0.39 is 23.1 Å². The second-order valence-corrected chi connectivity index (χ2v) is 5.96. The SMILES string of the molecule is O=[N+]([O-])c1ccc(Br)c(NC2CCCCC2C(F)(F)F)c1. The van der Waals surface area contributed by atoms with Crippen molar-refractivity contribution in [2.45, 2.75) is 37.9 Å². The molecule has 0 aliphatic heterocycles. The Morgan fingerprint density at radius 2 is 1.95 bits per heavy atom. The molecule has 0 spiro atoms. The van der Waals surface area contributed by atoms with Gasteiger partial charge in [-0.3, -0.25) is 10.1 Å². The Kier molecular flexibility index (Phi) is 4.75. The van der Waals surface area contributed by atoms with Crippen LogP contribution in [0.25, 0.3) is 0 Å². The summed E-state index contributed by atoms with van der Waals surface area (Å²) in [6, 6.07) is 3.27. The third kappa shape index (κ3) is 3.87. The monoisotopic (exact) mass is 366 g/mol. The minimum atomic E-state index is -4.26. The molecule has 2 unspecified atom stereocenters. The second-order valence-electron chi connectivity index (χ2n) is 5.10. The van der Waals surface area contributed by atoms with Crippen molar-refractivity contribution in [2.75, 3.05) is 5.32 Å². The number of non-ortho nitro benzene ring substituents is 1. The summed E-state index contributed by atoms with van der Waals surface area (Å²) in [5.41, 5.74) is 0.172. The first-order valence-corrected chi connectivity index (χ1v) is 7.35. The lowest BCUT2D eigenvalue weighted by Gasteiger charge is -2.34. The van der Waals surface area contributed by atoms with Crippen LogP contribution in [0.15, 0.2) is 22.7 Å². The number of nitrogens with zero attached hydrogens (tertiary/aromatic N) is 1. The van der Waals surface area contributed by atoms with Crippen molar-refractivity contribution in [1.82, 2.24) is 0 Å². The predicted octanol–water partition coefficient (Wildman–Crippen LogP) is 4.89.